The van der Waals surface area contributed by atoms with Crippen LogP contribution < -0.4 is 5.30 Å². The molecule has 0 atom stereocenters. The molecule has 0 amide bonds. The first-order valence-electron chi connectivity index (χ1n) is 9.47. The molecule has 4 nitrogen and oxygen atoms in total. The highest BCUT2D eigenvalue weighted by Crippen LogP contribution is 2.36. The van der Waals surface area contributed by atoms with Crippen molar-refractivity contribution in [2.45, 2.75) is 0 Å². The molecule has 4 aromatic carbocycles. The minimum absolute atomic E-state index is 0.00970. The second-order valence-electron chi connectivity index (χ2n) is 7.30. The van der Waals surface area contributed by atoms with Gasteiger partial charge < -0.3 is 14.4 Å². The predicted molar refractivity (Wildman–Crippen MR) is 128 cm³/mol. The first-order valence-corrected chi connectivity index (χ1v) is 11.8. The Morgan fingerprint density at radius 3 is 1.55 bits per heavy atom. The van der Waals surface area contributed by atoms with Gasteiger partial charge in [-0.25, -0.2) is 0 Å². The first-order chi connectivity index (χ1) is 14.8. The minimum atomic E-state index is -4.25. The Balaban J connectivity index is 1.62. The van der Waals surface area contributed by atoms with Gasteiger partial charge in [0.25, 0.3) is 0 Å². The van der Waals surface area contributed by atoms with Gasteiger partial charge in [-0.3, -0.25) is 4.57 Å². The van der Waals surface area contributed by atoms with E-state index < -0.39 is 7.60 Å². The van der Waals surface area contributed by atoms with E-state index >= 15 is 0 Å². The number of nitrogens with zero attached hydrogens (tertiary/aromatic N) is 1. The van der Waals surface area contributed by atoms with Crippen LogP contribution in [0.1, 0.15) is 0 Å². The van der Waals surface area contributed by atoms with Gasteiger partial charge in [0.05, 0.1) is 16.3 Å². The zero-order valence-corrected chi connectivity index (χ0v) is 18.4. The standard InChI is InChI=1S/C24H16Cl2NO3P/c25-17-5-11-23-21(13-17)22-14-18(26)6-12-24(22)27(23)19-7-1-15(2-8-19)16-3-9-20(10-4-16)31(28,29)30/h1-14H,(H2,28,29,30). The van der Waals surface area contributed by atoms with E-state index in [1.807, 2.05) is 60.7 Å². The van der Waals surface area contributed by atoms with Gasteiger partial charge in [0.2, 0.25) is 0 Å². The molecule has 0 spiro atoms. The number of aromatic nitrogens is 1. The van der Waals surface area contributed by atoms with Crippen LogP contribution in [0.15, 0.2) is 84.9 Å². The molecule has 0 radical (unpaired) electrons. The summed E-state index contributed by atoms with van der Waals surface area (Å²) in [7, 11) is -4.25. The topological polar surface area (TPSA) is 62.5 Å². The Morgan fingerprint density at radius 1 is 0.645 bits per heavy atom. The van der Waals surface area contributed by atoms with Gasteiger partial charge in [0.1, 0.15) is 0 Å². The van der Waals surface area contributed by atoms with E-state index in [2.05, 4.69) is 4.57 Å². The van der Waals surface area contributed by atoms with Crippen molar-refractivity contribution in [2.75, 3.05) is 0 Å². The van der Waals surface area contributed by atoms with Crippen LogP contribution in [-0.4, -0.2) is 14.4 Å². The van der Waals surface area contributed by atoms with E-state index in [0.29, 0.717) is 10.0 Å². The maximum absolute atomic E-state index is 11.4. The van der Waals surface area contributed by atoms with Crippen LogP contribution in [0.4, 0.5) is 0 Å². The lowest BCUT2D eigenvalue weighted by atomic mass is 10.1. The van der Waals surface area contributed by atoms with Crippen LogP contribution in [0.3, 0.4) is 0 Å². The SMILES string of the molecule is O=P(O)(O)c1ccc(-c2ccc(-n3c4ccc(Cl)cc4c4cc(Cl)ccc43)cc2)cc1. The molecule has 31 heavy (non-hydrogen) atoms. The number of hydrogen-bond acceptors (Lipinski definition) is 1. The maximum Gasteiger partial charge on any atom is 0.356 e. The van der Waals surface area contributed by atoms with Crippen molar-refractivity contribution in [3.63, 3.8) is 0 Å². The first kappa shape index (κ1) is 20.3. The highest BCUT2D eigenvalue weighted by molar-refractivity contribution is 7.60. The summed E-state index contributed by atoms with van der Waals surface area (Å²) in [4.78, 5) is 18.6. The van der Waals surface area contributed by atoms with Gasteiger partial charge >= 0.3 is 7.60 Å². The molecule has 1 heterocycles. The fraction of sp³-hybridized carbons (Fsp3) is 0. The van der Waals surface area contributed by atoms with Crippen molar-refractivity contribution in [3.8, 4) is 16.8 Å². The molecular formula is C24H16Cl2NO3P. The highest BCUT2D eigenvalue weighted by atomic mass is 35.5. The monoisotopic (exact) mass is 467 g/mol. The summed E-state index contributed by atoms with van der Waals surface area (Å²) in [5.41, 5.74) is 4.87. The molecule has 0 saturated carbocycles. The fourth-order valence-electron chi connectivity index (χ4n) is 3.90. The Kier molecular flexibility index (Phi) is 4.93. The van der Waals surface area contributed by atoms with Gasteiger partial charge in [-0.1, -0.05) is 47.5 Å². The molecular weight excluding hydrogens is 452 g/mol. The predicted octanol–water partition coefficient (Wildman–Crippen LogP) is 6.56. The zero-order valence-electron chi connectivity index (χ0n) is 16.0. The molecule has 5 aromatic rings. The van der Waals surface area contributed by atoms with Gasteiger partial charge in [0, 0.05) is 26.5 Å². The fourth-order valence-corrected chi connectivity index (χ4v) is 4.78. The average molecular weight is 468 g/mol. The second-order valence-corrected chi connectivity index (χ2v) is 9.77. The van der Waals surface area contributed by atoms with Crippen LogP contribution in [-0.2, 0) is 4.57 Å². The summed E-state index contributed by atoms with van der Waals surface area (Å²) in [6.07, 6.45) is 0. The van der Waals surface area contributed by atoms with Gasteiger partial charge in [-0.15, -0.1) is 0 Å². The van der Waals surface area contributed by atoms with Crippen molar-refractivity contribution >= 4 is 57.9 Å². The zero-order chi connectivity index (χ0) is 21.8. The molecule has 0 aliphatic rings. The third-order valence-electron chi connectivity index (χ3n) is 5.35. The van der Waals surface area contributed by atoms with Crippen LogP contribution >= 0.6 is 30.8 Å². The van der Waals surface area contributed by atoms with E-state index in [0.717, 1.165) is 38.6 Å². The molecule has 0 fully saturated rings. The lowest BCUT2D eigenvalue weighted by Crippen LogP contribution is -2.02. The highest BCUT2D eigenvalue weighted by Gasteiger charge is 2.17. The Hall–Kier alpha value is -2.59. The van der Waals surface area contributed by atoms with Gasteiger partial charge in [-0.2, -0.15) is 0 Å². The number of rotatable bonds is 3. The third-order valence-corrected chi connectivity index (χ3v) is 6.79. The van der Waals surface area contributed by atoms with Gasteiger partial charge in [-0.05, 0) is 71.8 Å². The van der Waals surface area contributed by atoms with E-state index in [1.54, 1.807) is 12.1 Å². The summed E-state index contributed by atoms with van der Waals surface area (Å²) in [6.45, 7) is 0. The molecule has 0 bridgehead atoms. The van der Waals surface area contributed by atoms with Crippen molar-refractivity contribution in [1.82, 2.24) is 4.57 Å². The van der Waals surface area contributed by atoms with Crippen molar-refractivity contribution < 1.29 is 14.4 Å². The van der Waals surface area contributed by atoms with E-state index in [1.165, 1.54) is 12.1 Å². The van der Waals surface area contributed by atoms with Crippen molar-refractivity contribution in [1.29, 1.82) is 0 Å². The minimum Gasteiger partial charge on any atom is -0.321 e. The molecule has 154 valence electrons. The van der Waals surface area contributed by atoms with Crippen LogP contribution in [0.5, 0.6) is 0 Å². The molecule has 0 aliphatic carbocycles. The second kappa shape index (κ2) is 7.52. The summed E-state index contributed by atoms with van der Waals surface area (Å²) in [5, 5.41) is 3.40. The average Bonchev–Trinajstić information content (AvgIpc) is 3.06. The molecule has 0 unspecified atom stereocenters. The summed E-state index contributed by atoms with van der Waals surface area (Å²) < 4.78 is 13.6. The molecule has 0 aliphatic heterocycles. The summed E-state index contributed by atoms with van der Waals surface area (Å²) >= 11 is 12.5. The Morgan fingerprint density at radius 2 is 1.10 bits per heavy atom. The van der Waals surface area contributed by atoms with Crippen molar-refractivity contribution in [3.05, 3.63) is 95.0 Å². The van der Waals surface area contributed by atoms with E-state index in [9.17, 15) is 14.4 Å². The summed E-state index contributed by atoms with van der Waals surface area (Å²) in [5.74, 6) is 0. The third kappa shape index (κ3) is 3.67. The molecule has 7 heteroatoms. The van der Waals surface area contributed by atoms with Crippen LogP contribution in [0, 0.1) is 0 Å². The smallest absolute Gasteiger partial charge is 0.321 e. The lowest BCUT2D eigenvalue weighted by Gasteiger charge is -2.10. The normalized spacial score (nSPS) is 12.0. The quantitative estimate of drug-likeness (QED) is 0.295. The lowest BCUT2D eigenvalue weighted by molar-refractivity contribution is 0.387. The molecule has 5 rings (SSSR count). The largest absolute Gasteiger partial charge is 0.356 e. The van der Waals surface area contributed by atoms with E-state index in [-0.39, 0.29) is 5.30 Å². The number of fused-ring (bicyclic) bond motifs is 3. The molecule has 2 N–H and O–H groups in total. The maximum atomic E-state index is 11.4. The molecule has 0 saturated heterocycles. The number of halogens is 2. The van der Waals surface area contributed by atoms with Crippen molar-refractivity contribution in [2.24, 2.45) is 0 Å². The van der Waals surface area contributed by atoms with Gasteiger partial charge in [0.15, 0.2) is 0 Å². The van der Waals surface area contributed by atoms with Crippen LogP contribution in [0.2, 0.25) is 10.0 Å². The number of benzene rings is 4. The Bertz CT molecular complexity index is 1430. The Labute approximate surface area is 188 Å². The number of hydrogen-bond donors (Lipinski definition) is 2. The summed E-state index contributed by atoms with van der Waals surface area (Å²) in [6, 6.07) is 26.0. The van der Waals surface area contributed by atoms with Crippen LogP contribution in [0.25, 0.3) is 38.6 Å². The molecule has 1 aromatic heterocycles. The van der Waals surface area contributed by atoms with E-state index in [4.69, 9.17) is 23.2 Å².